The minimum Gasteiger partial charge on any atom is -0.497 e. The fraction of sp³-hybridized carbons (Fsp3) is 0.533. The first-order valence-electron chi connectivity index (χ1n) is 6.87. The molecule has 2 fully saturated rings. The van der Waals surface area contributed by atoms with E-state index in [1.165, 1.54) is 0 Å². The van der Waals surface area contributed by atoms with E-state index in [0.717, 1.165) is 36.9 Å². The van der Waals surface area contributed by atoms with Crippen LogP contribution in [0.25, 0.3) is 0 Å². The molecule has 5 heteroatoms. The molecule has 1 unspecified atom stereocenters. The Morgan fingerprint density at radius 2 is 2.20 bits per heavy atom. The van der Waals surface area contributed by atoms with Crippen molar-refractivity contribution in [1.82, 2.24) is 5.32 Å². The molecule has 20 heavy (non-hydrogen) atoms. The van der Waals surface area contributed by atoms with Gasteiger partial charge in [-0.1, -0.05) is 0 Å². The van der Waals surface area contributed by atoms with Crippen LogP contribution in [0.4, 0.5) is 0 Å². The van der Waals surface area contributed by atoms with E-state index in [-0.39, 0.29) is 11.9 Å². The summed E-state index contributed by atoms with van der Waals surface area (Å²) in [6, 6.07) is 5.72. The molecule has 1 spiro atoms. The van der Waals surface area contributed by atoms with Gasteiger partial charge >= 0.3 is 0 Å². The largest absolute Gasteiger partial charge is 0.497 e. The minimum atomic E-state index is -0.0378. The van der Waals surface area contributed by atoms with Crippen LogP contribution in [0.15, 0.2) is 22.7 Å². The molecular formula is C15H18BrNO3. The Kier molecular flexibility index (Phi) is 3.73. The smallest absolute Gasteiger partial charge is 0.252 e. The Morgan fingerprint density at radius 1 is 1.45 bits per heavy atom. The topological polar surface area (TPSA) is 47.6 Å². The van der Waals surface area contributed by atoms with E-state index < -0.39 is 0 Å². The SMILES string of the molecule is COc1ccc(Br)c(C(=O)NC2CC23CCOCC3)c1. The molecule has 2 aliphatic rings. The lowest BCUT2D eigenvalue weighted by molar-refractivity contribution is 0.0535. The first kappa shape index (κ1) is 13.9. The number of nitrogens with one attached hydrogen (secondary N) is 1. The summed E-state index contributed by atoms with van der Waals surface area (Å²) in [5.74, 6) is 0.652. The lowest BCUT2D eigenvalue weighted by atomic mass is 9.96. The molecule has 1 heterocycles. The van der Waals surface area contributed by atoms with Gasteiger partial charge in [0.1, 0.15) is 5.75 Å². The van der Waals surface area contributed by atoms with Crippen LogP contribution in [0.3, 0.4) is 0 Å². The Morgan fingerprint density at radius 3 is 2.90 bits per heavy atom. The van der Waals surface area contributed by atoms with Gasteiger partial charge in [0.25, 0.3) is 5.91 Å². The fourth-order valence-corrected chi connectivity index (χ4v) is 3.35. The van der Waals surface area contributed by atoms with E-state index >= 15 is 0 Å². The van der Waals surface area contributed by atoms with Crippen molar-refractivity contribution in [2.75, 3.05) is 20.3 Å². The number of amides is 1. The number of methoxy groups -OCH3 is 1. The Bertz CT molecular complexity index is 526. The van der Waals surface area contributed by atoms with Crippen molar-refractivity contribution in [3.05, 3.63) is 28.2 Å². The van der Waals surface area contributed by atoms with Crippen LogP contribution in [0.2, 0.25) is 0 Å². The second-order valence-electron chi connectivity index (χ2n) is 5.55. The van der Waals surface area contributed by atoms with Crippen LogP contribution < -0.4 is 10.1 Å². The maximum absolute atomic E-state index is 12.4. The van der Waals surface area contributed by atoms with Gasteiger partial charge in [-0.05, 0) is 58.8 Å². The number of carbonyl (C=O) groups excluding carboxylic acids is 1. The molecule has 1 saturated carbocycles. The van der Waals surface area contributed by atoms with Crippen molar-refractivity contribution in [1.29, 1.82) is 0 Å². The molecule has 1 saturated heterocycles. The van der Waals surface area contributed by atoms with Crippen molar-refractivity contribution in [3.63, 3.8) is 0 Å². The van der Waals surface area contributed by atoms with Crippen LogP contribution in [-0.4, -0.2) is 32.3 Å². The predicted molar refractivity (Wildman–Crippen MR) is 79.1 cm³/mol. The first-order chi connectivity index (χ1) is 9.64. The zero-order valence-electron chi connectivity index (χ0n) is 11.4. The number of hydrogen-bond acceptors (Lipinski definition) is 3. The van der Waals surface area contributed by atoms with E-state index in [1.54, 1.807) is 13.2 Å². The highest BCUT2D eigenvalue weighted by Crippen LogP contribution is 2.53. The van der Waals surface area contributed by atoms with Crippen LogP contribution in [-0.2, 0) is 4.74 Å². The predicted octanol–water partition coefficient (Wildman–Crippen LogP) is 2.76. The van der Waals surface area contributed by atoms with Crippen molar-refractivity contribution < 1.29 is 14.3 Å². The van der Waals surface area contributed by atoms with Gasteiger partial charge in [-0.25, -0.2) is 0 Å². The summed E-state index contributed by atoms with van der Waals surface area (Å²) >= 11 is 3.42. The van der Waals surface area contributed by atoms with Crippen molar-refractivity contribution in [2.24, 2.45) is 5.41 Å². The van der Waals surface area contributed by atoms with Crippen molar-refractivity contribution >= 4 is 21.8 Å². The van der Waals surface area contributed by atoms with Crippen LogP contribution >= 0.6 is 15.9 Å². The maximum Gasteiger partial charge on any atom is 0.252 e. The molecule has 0 radical (unpaired) electrons. The number of hydrogen-bond donors (Lipinski definition) is 1. The van der Waals surface area contributed by atoms with E-state index in [0.29, 0.717) is 16.7 Å². The maximum atomic E-state index is 12.4. The average Bonchev–Trinajstić information content (AvgIpc) is 3.11. The van der Waals surface area contributed by atoms with Gasteiger partial charge in [0, 0.05) is 23.7 Å². The molecule has 1 aliphatic heterocycles. The third-order valence-electron chi connectivity index (χ3n) is 4.40. The molecule has 1 N–H and O–H groups in total. The molecule has 0 aromatic heterocycles. The van der Waals surface area contributed by atoms with E-state index in [1.807, 2.05) is 12.1 Å². The summed E-state index contributed by atoms with van der Waals surface area (Å²) in [6.45, 7) is 1.63. The molecule has 0 bridgehead atoms. The lowest BCUT2D eigenvalue weighted by Crippen LogP contribution is -2.32. The molecule has 1 amide bonds. The zero-order chi connectivity index (χ0) is 14.2. The van der Waals surface area contributed by atoms with Crippen LogP contribution in [0, 0.1) is 5.41 Å². The quantitative estimate of drug-likeness (QED) is 0.920. The van der Waals surface area contributed by atoms with Gasteiger partial charge in [-0.2, -0.15) is 0 Å². The highest BCUT2D eigenvalue weighted by Gasteiger charge is 2.55. The first-order valence-corrected chi connectivity index (χ1v) is 7.66. The third-order valence-corrected chi connectivity index (χ3v) is 5.09. The summed E-state index contributed by atoms with van der Waals surface area (Å²) in [6.07, 6.45) is 3.18. The highest BCUT2D eigenvalue weighted by atomic mass is 79.9. The summed E-state index contributed by atoms with van der Waals surface area (Å²) in [5, 5.41) is 3.14. The molecule has 1 aromatic carbocycles. The Balaban J connectivity index is 1.68. The molecule has 1 aliphatic carbocycles. The van der Waals surface area contributed by atoms with Crippen LogP contribution in [0.1, 0.15) is 29.6 Å². The summed E-state index contributed by atoms with van der Waals surface area (Å²) < 4.78 is 11.4. The van der Waals surface area contributed by atoms with Gasteiger partial charge in [0.2, 0.25) is 0 Å². The fourth-order valence-electron chi connectivity index (χ4n) is 2.92. The highest BCUT2D eigenvalue weighted by molar-refractivity contribution is 9.10. The molecule has 4 nitrogen and oxygen atoms in total. The third kappa shape index (κ3) is 2.56. The lowest BCUT2D eigenvalue weighted by Gasteiger charge is -2.23. The standard InChI is InChI=1S/C15H18BrNO3/c1-19-10-2-3-12(16)11(8-10)14(18)17-13-9-15(13)4-6-20-7-5-15/h2-3,8,13H,4-7,9H2,1H3,(H,17,18). The molecule has 3 rings (SSSR count). The number of rotatable bonds is 3. The van der Waals surface area contributed by atoms with Crippen LogP contribution in [0.5, 0.6) is 5.75 Å². The second-order valence-corrected chi connectivity index (χ2v) is 6.41. The van der Waals surface area contributed by atoms with Gasteiger partial charge in [0.15, 0.2) is 0 Å². The number of benzene rings is 1. The number of halogens is 1. The molecule has 1 aromatic rings. The second kappa shape index (κ2) is 5.37. The number of carbonyl (C=O) groups is 1. The summed E-state index contributed by atoms with van der Waals surface area (Å²) in [5.41, 5.74) is 0.914. The molecule has 108 valence electrons. The zero-order valence-corrected chi connectivity index (χ0v) is 13.0. The van der Waals surface area contributed by atoms with E-state index in [9.17, 15) is 4.79 Å². The average molecular weight is 340 g/mol. The normalized spacial score (nSPS) is 23.4. The Labute approximate surface area is 127 Å². The summed E-state index contributed by atoms with van der Waals surface area (Å²) in [4.78, 5) is 12.4. The number of ether oxygens (including phenoxy) is 2. The van der Waals surface area contributed by atoms with Gasteiger partial charge < -0.3 is 14.8 Å². The van der Waals surface area contributed by atoms with Crippen molar-refractivity contribution in [2.45, 2.75) is 25.3 Å². The molecule has 1 atom stereocenters. The van der Waals surface area contributed by atoms with Gasteiger partial charge in [0.05, 0.1) is 12.7 Å². The van der Waals surface area contributed by atoms with E-state index in [4.69, 9.17) is 9.47 Å². The van der Waals surface area contributed by atoms with Gasteiger partial charge in [-0.3, -0.25) is 4.79 Å². The van der Waals surface area contributed by atoms with Gasteiger partial charge in [-0.15, -0.1) is 0 Å². The Hall–Kier alpha value is -1.07. The van der Waals surface area contributed by atoms with Crippen molar-refractivity contribution in [3.8, 4) is 5.75 Å². The monoisotopic (exact) mass is 339 g/mol. The minimum absolute atomic E-state index is 0.0378. The summed E-state index contributed by atoms with van der Waals surface area (Å²) in [7, 11) is 1.60. The molecular weight excluding hydrogens is 322 g/mol. The van der Waals surface area contributed by atoms with E-state index in [2.05, 4.69) is 21.2 Å².